The third kappa shape index (κ3) is 6.27. The number of hydrogen-bond donors (Lipinski definition) is 2. The van der Waals surface area contributed by atoms with Gasteiger partial charge in [-0.3, -0.25) is 0 Å². The van der Waals surface area contributed by atoms with Crippen molar-refractivity contribution < 1.29 is 9.50 Å². The van der Waals surface area contributed by atoms with Gasteiger partial charge >= 0.3 is 0 Å². The fraction of sp³-hybridized carbons (Fsp3) is 0.647. The number of aromatic hydroxyl groups is 1. The Balaban J connectivity index is 2.54. The summed E-state index contributed by atoms with van der Waals surface area (Å²) in [5, 5.41) is 12.6. The Morgan fingerprint density at radius 2 is 1.65 bits per heavy atom. The number of nitrogens with one attached hydrogen (secondary N) is 1. The van der Waals surface area contributed by atoms with Crippen LogP contribution in [0.2, 0.25) is 0 Å². The lowest BCUT2D eigenvalue weighted by Gasteiger charge is -2.20. The quantitative estimate of drug-likeness (QED) is 0.440. The van der Waals surface area contributed by atoms with E-state index in [1.54, 1.807) is 6.07 Å². The summed E-state index contributed by atoms with van der Waals surface area (Å²) in [7, 11) is 0. The van der Waals surface area contributed by atoms with Gasteiger partial charge in [0.1, 0.15) is 0 Å². The van der Waals surface area contributed by atoms with Crippen LogP contribution in [0.3, 0.4) is 0 Å². The summed E-state index contributed by atoms with van der Waals surface area (Å²) >= 11 is 0. The van der Waals surface area contributed by atoms with E-state index in [1.165, 1.54) is 50.7 Å². The molecule has 0 atom stereocenters. The highest BCUT2D eigenvalue weighted by Crippen LogP contribution is 2.22. The first-order chi connectivity index (χ1) is 9.67. The Hall–Kier alpha value is -1.25. The van der Waals surface area contributed by atoms with E-state index in [9.17, 15) is 9.50 Å². The van der Waals surface area contributed by atoms with Crippen LogP contribution in [0.1, 0.15) is 65.2 Å². The molecule has 0 bridgehead atoms. The van der Waals surface area contributed by atoms with Gasteiger partial charge in [-0.25, -0.2) is 4.39 Å². The zero-order chi connectivity index (χ0) is 14.8. The number of anilines is 1. The van der Waals surface area contributed by atoms with Crippen molar-refractivity contribution in [3.05, 3.63) is 24.0 Å². The lowest BCUT2D eigenvalue weighted by molar-refractivity contribution is 0.432. The van der Waals surface area contributed by atoms with Gasteiger partial charge in [-0.15, -0.1) is 0 Å². The Labute approximate surface area is 122 Å². The molecule has 0 aromatic heterocycles. The predicted molar refractivity (Wildman–Crippen MR) is 83.8 cm³/mol. The fourth-order valence-electron chi connectivity index (χ4n) is 2.40. The molecule has 1 aromatic carbocycles. The number of unbranched alkanes of at least 4 members (excludes halogenated alkanes) is 4. The lowest BCUT2D eigenvalue weighted by atomic mass is 10.0. The second-order valence-corrected chi connectivity index (χ2v) is 5.50. The maximum absolute atomic E-state index is 13.4. The molecule has 0 unspecified atom stereocenters. The van der Waals surface area contributed by atoms with Crippen LogP contribution in [0.15, 0.2) is 18.2 Å². The van der Waals surface area contributed by atoms with Gasteiger partial charge in [0.15, 0.2) is 11.6 Å². The van der Waals surface area contributed by atoms with Crippen LogP contribution in [-0.2, 0) is 0 Å². The molecule has 1 aromatic rings. The van der Waals surface area contributed by atoms with Gasteiger partial charge in [0.05, 0.1) is 0 Å². The molecule has 0 spiro atoms. The summed E-state index contributed by atoms with van der Waals surface area (Å²) in [6.45, 7) is 4.41. The summed E-state index contributed by atoms with van der Waals surface area (Å²) in [5.41, 5.74) is 0.762. The summed E-state index contributed by atoms with van der Waals surface area (Å²) in [6.07, 6.45) is 9.60. The molecule has 0 radical (unpaired) electrons. The number of hydrogen-bond acceptors (Lipinski definition) is 2. The van der Waals surface area contributed by atoms with Gasteiger partial charge in [0.25, 0.3) is 0 Å². The van der Waals surface area contributed by atoms with Crippen molar-refractivity contribution in [3.8, 4) is 5.75 Å². The molecule has 3 heteroatoms. The van der Waals surface area contributed by atoms with Crippen LogP contribution in [-0.4, -0.2) is 11.1 Å². The third-order valence-corrected chi connectivity index (χ3v) is 3.63. The van der Waals surface area contributed by atoms with Crippen LogP contribution in [0, 0.1) is 5.82 Å². The first-order valence-electron chi connectivity index (χ1n) is 7.92. The minimum absolute atomic E-state index is 0.288. The van der Waals surface area contributed by atoms with Crippen molar-refractivity contribution in [2.75, 3.05) is 5.32 Å². The highest BCUT2D eigenvalue weighted by molar-refractivity contribution is 5.47. The summed E-state index contributed by atoms with van der Waals surface area (Å²) in [6, 6.07) is 4.93. The second kappa shape index (κ2) is 9.62. The van der Waals surface area contributed by atoms with Crippen molar-refractivity contribution in [2.45, 2.75) is 71.3 Å². The maximum atomic E-state index is 13.4. The molecule has 0 saturated carbocycles. The number of phenols is 1. The molecule has 0 amide bonds. The SMILES string of the molecule is CCCCCC(CCCCC)Nc1ccc(O)c(F)c1. The largest absolute Gasteiger partial charge is 0.505 e. The average molecular weight is 281 g/mol. The highest BCUT2D eigenvalue weighted by Gasteiger charge is 2.09. The molecule has 1 rings (SSSR count). The lowest BCUT2D eigenvalue weighted by Crippen LogP contribution is -2.19. The molecule has 2 nitrogen and oxygen atoms in total. The molecular weight excluding hydrogens is 253 g/mol. The highest BCUT2D eigenvalue weighted by atomic mass is 19.1. The number of halogens is 1. The molecule has 20 heavy (non-hydrogen) atoms. The third-order valence-electron chi connectivity index (χ3n) is 3.63. The summed E-state index contributed by atoms with van der Waals surface area (Å²) in [5.74, 6) is -0.847. The normalized spacial score (nSPS) is 11.0. The monoisotopic (exact) mass is 281 g/mol. The molecule has 0 aliphatic heterocycles. The standard InChI is InChI=1S/C17H28FNO/c1-3-5-7-9-14(10-8-6-4-2)19-15-11-12-17(20)16(18)13-15/h11-14,19-20H,3-10H2,1-2H3. The van der Waals surface area contributed by atoms with Crippen molar-refractivity contribution in [1.29, 1.82) is 0 Å². The van der Waals surface area contributed by atoms with E-state index in [2.05, 4.69) is 19.2 Å². The topological polar surface area (TPSA) is 32.3 Å². The zero-order valence-corrected chi connectivity index (χ0v) is 12.8. The van der Waals surface area contributed by atoms with Gasteiger partial charge in [-0.05, 0) is 25.0 Å². The van der Waals surface area contributed by atoms with Gasteiger partial charge in [-0.2, -0.15) is 0 Å². The average Bonchev–Trinajstić information content (AvgIpc) is 2.43. The van der Waals surface area contributed by atoms with E-state index in [0.717, 1.165) is 18.5 Å². The Bertz CT molecular complexity index is 371. The molecule has 0 aliphatic rings. The van der Waals surface area contributed by atoms with Crippen molar-refractivity contribution in [3.63, 3.8) is 0 Å². The van der Waals surface area contributed by atoms with Crippen molar-refractivity contribution >= 4 is 5.69 Å². The van der Waals surface area contributed by atoms with Crippen molar-refractivity contribution in [2.24, 2.45) is 0 Å². The first kappa shape index (κ1) is 16.8. The first-order valence-corrected chi connectivity index (χ1v) is 7.92. The summed E-state index contributed by atoms with van der Waals surface area (Å²) < 4.78 is 13.4. The van der Waals surface area contributed by atoms with Crippen LogP contribution < -0.4 is 5.32 Å². The van der Waals surface area contributed by atoms with E-state index in [-0.39, 0.29) is 5.75 Å². The minimum atomic E-state index is -0.559. The zero-order valence-electron chi connectivity index (χ0n) is 12.8. The van der Waals surface area contributed by atoms with Gasteiger partial charge in [0, 0.05) is 17.8 Å². The van der Waals surface area contributed by atoms with Crippen LogP contribution in [0.25, 0.3) is 0 Å². The van der Waals surface area contributed by atoms with E-state index in [4.69, 9.17) is 0 Å². The molecule has 2 N–H and O–H groups in total. The maximum Gasteiger partial charge on any atom is 0.166 e. The van der Waals surface area contributed by atoms with E-state index in [0.29, 0.717) is 6.04 Å². The van der Waals surface area contributed by atoms with Gasteiger partial charge < -0.3 is 10.4 Å². The van der Waals surface area contributed by atoms with E-state index in [1.807, 2.05) is 0 Å². The minimum Gasteiger partial charge on any atom is -0.505 e. The summed E-state index contributed by atoms with van der Waals surface area (Å²) in [4.78, 5) is 0. The molecule has 0 heterocycles. The number of phenolic OH excluding ortho intramolecular Hbond substituents is 1. The number of rotatable bonds is 10. The van der Waals surface area contributed by atoms with E-state index >= 15 is 0 Å². The molecule has 114 valence electrons. The van der Waals surface area contributed by atoms with Crippen LogP contribution >= 0.6 is 0 Å². The Morgan fingerprint density at radius 3 is 2.15 bits per heavy atom. The fourth-order valence-corrected chi connectivity index (χ4v) is 2.40. The Morgan fingerprint density at radius 1 is 1.05 bits per heavy atom. The number of benzene rings is 1. The second-order valence-electron chi connectivity index (χ2n) is 5.50. The molecular formula is C17H28FNO. The molecule has 0 aliphatic carbocycles. The van der Waals surface area contributed by atoms with Gasteiger partial charge in [0.2, 0.25) is 0 Å². The molecule has 0 saturated heterocycles. The molecule has 0 fully saturated rings. The van der Waals surface area contributed by atoms with Gasteiger partial charge in [-0.1, -0.05) is 52.4 Å². The Kier molecular flexibility index (Phi) is 8.08. The van der Waals surface area contributed by atoms with Crippen LogP contribution in [0.4, 0.5) is 10.1 Å². The van der Waals surface area contributed by atoms with Crippen LogP contribution in [0.5, 0.6) is 5.75 Å². The predicted octanol–water partition coefficient (Wildman–Crippen LogP) is 5.47. The smallest absolute Gasteiger partial charge is 0.166 e. The van der Waals surface area contributed by atoms with Crippen molar-refractivity contribution in [1.82, 2.24) is 0 Å². The van der Waals surface area contributed by atoms with E-state index < -0.39 is 5.82 Å².